The Bertz CT molecular complexity index is 1130. The first-order chi connectivity index (χ1) is 22.3. The number of allylic oxidation sites excluding steroid dienone is 2. The third kappa shape index (κ3) is 10.6. The third-order valence-electron chi connectivity index (χ3n) is 12.3. The second-order valence-corrected chi connectivity index (χ2v) is 14.7. The van der Waals surface area contributed by atoms with E-state index in [0.717, 1.165) is 36.2 Å². The highest BCUT2D eigenvalue weighted by Crippen LogP contribution is 2.68. The molecule has 0 saturated heterocycles. The standard InChI is InChI=1S/C23H37F3.C12H14O5.C4H8.CH4/c1-4-5-15-7-9-19-18-8-6-16-14-17(23(24,25)26)10-12-22(16,3)20(18)11-13-21(15,19)2;13-9-17-12(15)7-6-11(14)16-8-10-4-2-1-3-5-10;1-3-4-2;/h15-20H,4-14H2,1-3H3;1-5,13H,6-9H2;3-4H,1-2H3;1H4/b;;4-3-;. The summed E-state index contributed by atoms with van der Waals surface area (Å²) >= 11 is 0. The van der Waals surface area contributed by atoms with Crippen LogP contribution in [0.4, 0.5) is 13.2 Å². The van der Waals surface area contributed by atoms with Crippen LogP contribution in [0.5, 0.6) is 0 Å². The molecule has 4 aliphatic rings. The van der Waals surface area contributed by atoms with E-state index in [-0.39, 0.29) is 32.3 Å². The Morgan fingerprint density at radius 3 is 2.06 bits per heavy atom. The number of aliphatic hydroxyl groups excluding tert-OH is 1. The van der Waals surface area contributed by atoms with Gasteiger partial charge in [0.15, 0.2) is 6.79 Å². The Morgan fingerprint density at radius 1 is 0.875 bits per heavy atom. The Kier molecular flexibility index (Phi) is 16.7. The quantitative estimate of drug-likeness (QED) is 0.168. The molecule has 4 saturated carbocycles. The van der Waals surface area contributed by atoms with E-state index in [1.165, 1.54) is 44.9 Å². The van der Waals surface area contributed by atoms with E-state index in [4.69, 9.17) is 9.84 Å². The molecule has 1 aromatic rings. The number of alkyl halides is 3. The summed E-state index contributed by atoms with van der Waals surface area (Å²) in [4.78, 5) is 22.1. The lowest BCUT2D eigenvalue weighted by molar-refractivity contribution is -0.208. The Hall–Kier alpha value is -2.35. The van der Waals surface area contributed by atoms with Gasteiger partial charge in [0.2, 0.25) is 0 Å². The van der Waals surface area contributed by atoms with Gasteiger partial charge in [-0.15, -0.1) is 0 Å². The molecule has 1 N–H and O–H groups in total. The molecule has 0 bridgehead atoms. The summed E-state index contributed by atoms with van der Waals surface area (Å²) in [6, 6.07) is 9.25. The minimum absolute atomic E-state index is 0. The van der Waals surface area contributed by atoms with Crippen molar-refractivity contribution >= 4 is 11.9 Å². The van der Waals surface area contributed by atoms with Crippen LogP contribution in [0.25, 0.3) is 0 Å². The molecule has 5 nitrogen and oxygen atoms in total. The van der Waals surface area contributed by atoms with Crippen molar-refractivity contribution < 1.29 is 37.3 Å². The molecule has 0 aromatic heterocycles. The highest BCUT2D eigenvalue weighted by Gasteiger charge is 2.61. The van der Waals surface area contributed by atoms with Crippen molar-refractivity contribution in [2.75, 3.05) is 6.79 Å². The number of ether oxygens (including phenoxy) is 2. The number of benzene rings is 1. The molecule has 4 aliphatic carbocycles. The van der Waals surface area contributed by atoms with Gasteiger partial charge in [-0.2, -0.15) is 13.2 Å². The molecule has 0 radical (unpaired) electrons. The first-order valence-corrected chi connectivity index (χ1v) is 17.9. The molecular weight excluding hydrogens is 617 g/mol. The number of carbonyl (C=O) groups is 2. The molecule has 8 atom stereocenters. The average molecular weight is 681 g/mol. The smallest absolute Gasteiger partial charge is 0.391 e. The molecule has 5 rings (SSSR count). The summed E-state index contributed by atoms with van der Waals surface area (Å²) < 4.78 is 49.1. The number of fused-ring (bicyclic) bond motifs is 5. The van der Waals surface area contributed by atoms with Crippen molar-refractivity contribution in [2.24, 2.45) is 46.3 Å². The third-order valence-corrected chi connectivity index (χ3v) is 12.3. The van der Waals surface area contributed by atoms with Crippen molar-refractivity contribution in [3.63, 3.8) is 0 Å². The van der Waals surface area contributed by atoms with E-state index < -0.39 is 30.8 Å². The van der Waals surface area contributed by atoms with Crippen molar-refractivity contribution in [3.8, 4) is 0 Å². The van der Waals surface area contributed by atoms with Gasteiger partial charge in [0.25, 0.3) is 0 Å². The molecule has 48 heavy (non-hydrogen) atoms. The van der Waals surface area contributed by atoms with Crippen molar-refractivity contribution in [1.82, 2.24) is 0 Å². The molecule has 8 heteroatoms. The van der Waals surface area contributed by atoms with Gasteiger partial charge in [-0.05, 0) is 118 Å². The molecule has 0 aliphatic heterocycles. The van der Waals surface area contributed by atoms with Gasteiger partial charge in [-0.1, -0.05) is 83.5 Å². The summed E-state index contributed by atoms with van der Waals surface area (Å²) in [6.45, 7) is 10.8. The SMILES string of the molecule is C.C/C=C\C.CCCC1CCC2C3CCC4CC(C(F)(F)F)CCC4(C)C3CCC12C.O=C(CCC(=O)OCc1ccccc1)OCO. The zero-order valence-corrected chi connectivity index (χ0v) is 29.3. The topological polar surface area (TPSA) is 72.8 Å². The van der Waals surface area contributed by atoms with Gasteiger partial charge < -0.3 is 14.6 Å². The maximum Gasteiger partial charge on any atom is 0.391 e. The van der Waals surface area contributed by atoms with Crippen molar-refractivity contribution in [3.05, 3.63) is 48.0 Å². The van der Waals surface area contributed by atoms with Crippen LogP contribution in [0.1, 0.15) is 131 Å². The van der Waals surface area contributed by atoms with Gasteiger partial charge >= 0.3 is 18.1 Å². The lowest BCUT2D eigenvalue weighted by Gasteiger charge is -2.61. The maximum absolute atomic E-state index is 13.3. The highest BCUT2D eigenvalue weighted by molar-refractivity contribution is 5.77. The minimum atomic E-state index is -3.98. The van der Waals surface area contributed by atoms with E-state index in [9.17, 15) is 22.8 Å². The van der Waals surface area contributed by atoms with E-state index >= 15 is 0 Å². The Morgan fingerprint density at radius 2 is 1.48 bits per heavy atom. The van der Waals surface area contributed by atoms with E-state index in [2.05, 4.69) is 25.5 Å². The first-order valence-electron chi connectivity index (χ1n) is 17.9. The summed E-state index contributed by atoms with van der Waals surface area (Å²) in [6.07, 6.45) is 11.8. The minimum Gasteiger partial charge on any atom is -0.461 e. The van der Waals surface area contributed by atoms with Crippen LogP contribution in [-0.4, -0.2) is 30.0 Å². The number of hydrogen-bond acceptors (Lipinski definition) is 5. The van der Waals surface area contributed by atoms with Gasteiger partial charge in [0.05, 0.1) is 18.8 Å². The molecule has 274 valence electrons. The summed E-state index contributed by atoms with van der Waals surface area (Å²) in [5.74, 6) is 1.40. The Balaban J connectivity index is 0.000000316. The fraction of sp³-hybridized carbons (Fsp3) is 0.750. The normalized spacial score (nSPS) is 32.1. The zero-order valence-electron chi connectivity index (χ0n) is 29.3. The first kappa shape index (κ1) is 41.8. The fourth-order valence-corrected chi connectivity index (χ4v) is 9.65. The van der Waals surface area contributed by atoms with Crippen LogP contribution in [0, 0.1) is 46.3 Å². The monoisotopic (exact) mass is 680 g/mol. The highest BCUT2D eigenvalue weighted by atomic mass is 19.4. The second-order valence-electron chi connectivity index (χ2n) is 14.7. The predicted octanol–water partition coefficient (Wildman–Crippen LogP) is 10.8. The second kappa shape index (κ2) is 19.2. The van der Waals surface area contributed by atoms with Gasteiger partial charge in [0, 0.05) is 0 Å². The van der Waals surface area contributed by atoms with Crippen LogP contribution in [0.15, 0.2) is 42.5 Å². The number of carbonyl (C=O) groups excluding carboxylic acids is 2. The number of halogens is 3. The summed E-state index contributed by atoms with van der Waals surface area (Å²) in [5.41, 5.74) is 1.58. The van der Waals surface area contributed by atoms with Crippen LogP contribution in [0.2, 0.25) is 0 Å². The Labute approximate surface area is 288 Å². The lowest BCUT2D eigenvalue weighted by atomic mass is 9.44. The molecule has 8 unspecified atom stereocenters. The number of aliphatic hydroxyl groups is 1. The van der Waals surface area contributed by atoms with Crippen LogP contribution >= 0.6 is 0 Å². The largest absolute Gasteiger partial charge is 0.461 e. The fourth-order valence-electron chi connectivity index (χ4n) is 9.65. The number of esters is 2. The van der Waals surface area contributed by atoms with Crippen LogP contribution < -0.4 is 0 Å². The van der Waals surface area contributed by atoms with Crippen molar-refractivity contribution in [1.29, 1.82) is 0 Å². The average Bonchev–Trinajstić information content (AvgIpc) is 3.39. The zero-order chi connectivity index (χ0) is 34.7. The van der Waals surface area contributed by atoms with Gasteiger partial charge in [0.1, 0.15) is 6.61 Å². The van der Waals surface area contributed by atoms with E-state index in [0.29, 0.717) is 30.1 Å². The van der Waals surface area contributed by atoms with E-state index in [1.807, 2.05) is 56.3 Å². The van der Waals surface area contributed by atoms with Gasteiger partial charge in [-0.3, -0.25) is 9.59 Å². The summed E-state index contributed by atoms with van der Waals surface area (Å²) in [5, 5.41) is 8.29. The van der Waals surface area contributed by atoms with Gasteiger partial charge in [-0.25, -0.2) is 0 Å². The molecule has 4 fully saturated rings. The molecule has 1 aromatic carbocycles. The van der Waals surface area contributed by atoms with E-state index in [1.54, 1.807) is 0 Å². The lowest BCUT2D eigenvalue weighted by Crippen LogP contribution is -2.54. The molecule has 0 heterocycles. The molecular formula is C40H63F3O5. The van der Waals surface area contributed by atoms with Crippen LogP contribution in [-0.2, 0) is 25.7 Å². The number of rotatable bonds is 8. The molecule has 0 spiro atoms. The predicted molar refractivity (Wildman–Crippen MR) is 186 cm³/mol. The van der Waals surface area contributed by atoms with Crippen LogP contribution in [0.3, 0.4) is 0 Å². The maximum atomic E-state index is 13.3. The summed E-state index contributed by atoms with van der Waals surface area (Å²) in [7, 11) is 0. The number of hydrogen-bond donors (Lipinski definition) is 1. The molecule has 0 amide bonds. The van der Waals surface area contributed by atoms with Crippen molar-refractivity contribution in [2.45, 2.75) is 138 Å².